The maximum atomic E-state index is 11.9. The van der Waals surface area contributed by atoms with Crippen LogP contribution in [-0.4, -0.2) is 19.5 Å². The smallest absolute Gasteiger partial charge is 0.254 e. The maximum absolute atomic E-state index is 11.9. The molecule has 1 aromatic heterocycles. The second-order valence-electron chi connectivity index (χ2n) is 4.83. The van der Waals surface area contributed by atoms with Crippen molar-refractivity contribution in [2.24, 2.45) is 0 Å². The van der Waals surface area contributed by atoms with Crippen molar-refractivity contribution < 1.29 is 4.79 Å². The number of para-hydroxylation sites is 1. The summed E-state index contributed by atoms with van der Waals surface area (Å²) in [6.07, 6.45) is 0.862. The molecule has 2 heterocycles. The number of nitrogens with two attached hydrogens (primary N) is 1. The van der Waals surface area contributed by atoms with Crippen LogP contribution in [0.25, 0.3) is 0 Å². The number of rotatable bonds is 2. The van der Waals surface area contributed by atoms with E-state index in [1.54, 1.807) is 7.05 Å². The molecule has 20 heavy (non-hydrogen) atoms. The van der Waals surface area contributed by atoms with Gasteiger partial charge < -0.3 is 16.0 Å². The highest BCUT2D eigenvalue weighted by Gasteiger charge is 2.26. The van der Waals surface area contributed by atoms with Gasteiger partial charge in [-0.15, -0.1) is 11.3 Å². The summed E-state index contributed by atoms with van der Waals surface area (Å²) >= 11 is 1.53. The first-order valence-electron chi connectivity index (χ1n) is 6.62. The van der Waals surface area contributed by atoms with Crippen LogP contribution >= 0.6 is 11.3 Å². The molecule has 0 saturated heterocycles. The number of amides is 1. The summed E-state index contributed by atoms with van der Waals surface area (Å²) in [4.78, 5) is 15.5. The Labute approximate surface area is 122 Å². The second-order valence-corrected chi connectivity index (χ2v) is 5.97. The zero-order chi connectivity index (χ0) is 14.1. The number of hydrogen-bond donors (Lipinski definition) is 2. The second kappa shape index (κ2) is 5.17. The Bertz CT molecular complexity index is 636. The van der Waals surface area contributed by atoms with E-state index in [-0.39, 0.29) is 5.91 Å². The fourth-order valence-electron chi connectivity index (χ4n) is 2.66. The van der Waals surface area contributed by atoms with E-state index < -0.39 is 0 Å². The van der Waals surface area contributed by atoms with E-state index in [2.05, 4.69) is 22.3 Å². The van der Waals surface area contributed by atoms with Crippen molar-refractivity contribution in [2.45, 2.75) is 13.0 Å². The molecular weight excluding hydrogens is 270 g/mol. The van der Waals surface area contributed by atoms with Gasteiger partial charge in [0.05, 0.1) is 17.1 Å². The molecule has 0 radical (unpaired) electrons. The van der Waals surface area contributed by atoms with Crippen LogP contribution in [0, 0.1) is 0 Å². The molecule has 4 nitrogen and oxygen atoms in total. The van der Waals surface area contributed by atoms with Crippen LogP contribution in [0.1, 0.15) is 20.8 Å². The molecular formula is C15H17N3OS. The van der Waals surface area contributed by atoms with Gasteiger partial charge >= 0.3 is 0 Å². The number of nitrogens with one attached hydrogen (secondary N) is 1. The molecule has 5 heteroatoms. The van der Waals surface area contributed by atoms with Gasteiger partial charge in [-0.3, -0.25) is 4.79 Å². The average Bonchev–Trinajstić information content (AvgIpc) is 2.82. The summed E-state index contributed by atoms with van der Waals surface area (Å²) in [5, 5.41) is 3.30. The number of benzene rings is 1. The molecule has 3 N–H and O–H groups in total. The van der Waals surface area contributed by atoms with Crippen molar-refractivity contribution in [3.8, 4) is 0 Å². The van der Waals surface area contributed by atoms with Crippen LogP contribution in [-0.2, 0) is 13.0 Å². The number of nitrogens with zero attached hydrogens (tertiary/aromatic N) is 1. The van der Waals surface area contributed by atoms with Gasteiger partial charge in [-0.25, -0.2) is 0 Å². The molecule has 1 aliphatic rings. The average molecular weight is 287 g/mol. The molecule has 1 aromatic carbocycles. The Morgan fingerprint density at radius 3 is 2.80 bits per heavy atom. The molecule has 0 unspecified atom stereocenters. The lowest BCUT2D eigenvalue weighted by Gasteiger charge is -2.29. The van der Waals surface area contributed by atoms with E-state index in [1.165, 1.54) is 21.9 Å². The minimum atomic E-state index is -0.0758. The van der Waals surface area contributed by atoms with Crippen molar-refractivity contribution in [3.05, 3.63) is 46.3 Å². The number of hydrogen-bond acceptors (Lipinski definition) is 4. The van der Waals surface area contributed by atoms with E-state index in [0.29, 0.717) is 10.6 Å². The van der Waals surface area contributed by atoms with Crippen molar-refractivity contribution in [1.82, 2.24) is 5.32 Å². The Kier molecular flexibility index (Phi) is 3.36. The molecule has 1 aliphatic heterocycles. The van der Waals surface area contributed by atoms with Gasteiger partial charge in [0.15, 0.2) is 0 Å². The molecule has 0 fully saturated rings. The van der Waals surface area contributed by atoms with Crippen LogP contribution in [0.15, 0.2) is 30.3 Å². The molecule has 104 valence electrons. The van der Waals surface area contributed by atoms with Gasteiger partial charge in [0.25, 0.3) is 5.91 Å². The summed E-state index contributed by atoms with van der Waals surface area (Å²) in [5.74, 6) is -0.0758. The molecule has 0 saturated carbocycles. The maximum Gasteiger partial charge on any atom is 0.254 e. The highest BCUT2D eigenvalue weighted by molar-refractivity contribution is 7.16. The van der Waals surface area contributed by atoms with Gasteiger partial charge in [0, 0.05) is 24.2 Å². The van der Waals surface area contributed by atoms with Crippen LogP contribution in [0.2, 0.25) is 0 Å². The molecule has 0 spiro atoms. The molecule has 3 rings (SSSR count). The number of anilines is 2. The third-order valence-electron chi connectivity index (χ3n) is 3.66. The summed E-state index contributed by atoms with van der Waals surface area (Å²) in [6, 6.07) is 10.3. The quantitative estimate of drug-likeness (QED) is 0.890. The number of thiophene rings is 1. The van der Waals surface area contributed by atoms with E-state index in [9.17, 15) is 4.79 Å². The Morgan fingerprint density at radius 2 is 2.10 bits per heavy atom. The zero-order valence-corrected chi connectivity index (χ0v) is 12.2. The van der Waals surface area contributed by atoms with E-state index >= 15 is 0 Å². The van der Waals surface area contributed by atoms with Gasteiger partial charge in [-0.05, 0) is 24.1 Å². The molecule has 1 amide bonds. The van der Waals surface area contributed by atoms with Crippen LogP contribution in [0.5, 0.6) is 0 Å². The van der Waals surface area contributed by atoms with Gasteiger partial charge in [-0.1, -0.05) is 18.2 Å². The van der Waals surface area contributed by atoms with Crippen LogP contribution in [0.3, 0.4) is 0 Å². The lowest BCUT2D eigenvalue weighted by molar-refractivity contribution is 0.0963. The first kappa shape index (κ1) is 13.0. The van der Waals surface area contributed by atoms with E-state index in [4.69, 9.17) is 5.73 Å². The fourth-order valence-corrected chi connectivity index (χ4v) is 3.79. The SMILES string of the molecule is CNC(=O)c1c(N)sc2c1CCN(c1ccccc1)C2. The largest absolute Gasteiger partial charge is 0.390 e. The van der Waals surface area contributed by atoms with Gasteiger partial charge in [0.2, 0.25) is 0 Å². The third-order valence-corrected chi connectivity index (χ3v) is 4.71. The fraction of sp³-hybridized carbons (Fsp3) is 0.267. The molecule has 0 atom stereocenters. The first-order valence-corrected chi connectivity index (χ1v) is 7.44. The van der Waals surface area contributed by atoms with Crippen molar-refractivity contribution in [2.75, 3.05) is 24.2 Å². The monoisotopic (exact) mass is 287 g/mol. The number of carbonyl (C=O) groups is 1. The summed E-state index contributed by atoms with van der Waals surface area (Å²) in [7, 11) is 1.64. The summed E-state index contributed by atoms with van der Waals surface area (Å²) < 4.78 is 0. The number of fused-ring (bicyclic) bond motifs is 1. The summed E-state index contributed by atoms with van der Waals surface area (Å²) in [6.45, 7) is 1.74. The third kappa shape index (κ3) is 2.14. The number of carbonyl (C=O) groups excluding carboxylic acids is 1. The molecule has 0 bridgehead atoms. The Balaban J connectivity index is 1.92. The lowest BCUT2D eigenvalue weighted by Crippen LogP contribution is -2.30. The minimum Gasteiger partial charge on any atom is -0.390 e. The van der Waals surface area contributed by atoms with Crippen molar-refractivity contribution >= 4 is 27.9 Å². The van der Waals surface area contributed by atoms with E-state index in [1.807, 2.05) is 18.2 Å². The molecule has 2 aromatic rings. The lowest BCUT2D eigenvalue weighted by atomic mass is 10.0. The topological polar surface area (TPSA) is 58.4 Å². The Hall–Kier alpha value is -2.01. The van der Waals surface area contributed by atoms with Crippen LogP contribution < -0.4 is 16.0 Å². The van der Waals surface area contributed by atoms with Crippen molar-refractivity contribution in [3.63, 3.8) is 0 Å². The van der Waals surface area contributed by atoms with E-state index in [0.717, 1.165) is 25.1 Å². The highest BCUT2D eigenvalue weighted by Crippen LogP contribution is 2.36. The van der Waals surface area contributed by atoms with Crippen LogP contribution in [0.4, 0.5) is 10.7 Å². The predicted octanol–water partition coefficient (Wildman–Crippen LogP) is 2.25. The zero-order valence-electron chi connectivity index (χ0n) is 11.3. The minimum absolute atomic E-state index is 0.0758. The van der Waals surface area contributed by atoms with Gasteiger partial charge in [-0.2, -0.15) is 0 Å². The standard InChI is InChI=1S/C15H17N3OS/c1-17-15(19)13-11-7-8-18(9-12(11)20-14(13)16)10-5-3-2-4-6-10/h2-6H,7-9,16H2,1H3,(H,17,19). The summed E-state index contributed by atoms with van der Waals surface area (Å²) in [5.41, 5.74) is 9.04. The highest BCUT2D eigenvalue weighted by atomic mass is 32.1. The predicted molar refractivity (Wildman–Crippen MR) is 83.3 cm³/mol. The normalized spacial score (nSPS) is 13.9. The molecule has 0 aliphatic carbocycles. The van der Waals surface area contributed by atoms with Gasteiger partial charge in [0.1, 0.15) is 0 Å². The Morgan fingerprint density at radius 1 is 1.35 bits per heavy atom. The van der Waals surface area contributed by atoms with Crippen molar-refractivity contribution in [1.29, 1.82) is 0 Å². The number of nitrogen functional groups attached to an aromatic ring is 1. The first-order chi connectivity index (χ1) is 9.70.